The van der Waals surface area contributed by atoms with Crippen LogP contribution in [-0.2, 0) is 16.1 Å². The standard InChI is InChI=1S/C12H16BNO3/c1-13(16)14-8-9-5-3-4-6-10(9)11(14)7-12(15)17-2/h3-6,11,16H,7-8H2,1-2H3. The first kappa shape index (κ1) is 12.1. The summed E-state index contributed by atoms with van der Waals surface area (Å²) in [5.41, 5.74) is 2.28. The van der Waals surface area contributed by atoms with E-state index in [0.717, 1.165) is 5.56 Å². The molecule has 1 aromatic rings. The molecule has 0 radical (unpaired) electrons. The number of nitrogens with zero attached hydrogens (tertiary/aromatic N) is 1. The van der Waals surface area contributed by atoms with E-state index in [9.17, 15) is 9.82 Å². The Morgan fingerprint density at radius 3 is 2.94 bits per heavy atom. The summed E-state index contributed by atoms with van der Waals surface area (Å²) < 4.78 is 4.71. The smallest absolute Gasteiger partial charge is 0.377 e. The van der Waals surface area contributed by atoms with E-state index in [-0.39, 0.29) is 18.4 Å². The molecule has 5 heteroatoms. The number of rotatable bonds is 3. The Kier molecular flexibility index (Phi) is 3.50. The quantitative estimate of drug-likeness (QED) is 0.629. The van der Waals surface area contributed by atoms with E-state index in [1.54, 1.807) is 6.82 Å². The molecule has 0 saturated carbocycles. The van der Waals surface area contributed by atoms with Gasteiger partial charge in [0, 0.05) is 12.6 Å². The summed E-state index contributed by atoms with van der Waals surface area (Å²) in [6.45, 7) is 2.39. The van der Waals surface area contributed by atoms with Gasteiger partial charge < -0.3 is 14.6 Å². The molecule has 1 atom stereocenters. The Morgan fingerprint density at radius 1 is 1.59 bits per heavy atom. The van der Waals surface area contributed by atoms with Crippen molar-refractivity contribution in [2.75, 3.05) is 7.11 Å². The third-order valence-electron chi connectivity index (χ3n) is 3.23. The van der Waals surface area contributed by atoms with Crippen molar-refractivity contribution in [2.24, 2.45) is 0 Å². The van der Waals surface area contributed by atoms with Crippen LogP contribution in [0.25, 0.3) is 0 Å². The monoisotopic (exact) mass is 233 g/mol. The van der Waals surface area contributed by atoms with Gasteiger partial charge >= 0.3 is 13.0 Å². The van der Waals surface area contributed by atoms with Gasteiger partial charge in [-0.15, -0.1) is 0 Å². The largest absolute Gasteiger partial charge is 0.469 e. The molecule has 1 N–H and O–H groups in total. The van der Waals surface area contributed by atoms with Gasteiger partial charge in [-0.25, -0.2) is 0 Å². The molecule has 0 spiro atoms. The molecule has 0 aromatic heterocycles. The highest BCUT2D eigenvalue weighted by Crippen LogP contribution is 2.36. The van der Waals surface area contributed by atoms with Gasteiger partial charge in [0.25, 0.3) is 0 Å². The number of esters is 1. The molecule has 0 fully saturated rings. The Morgan fingerprint density at radius 2 is 2.29 bits per heavy atom. The van der Waals surface area contributed by atoms with Crippen LogP contribution in [-0.4, -0.2) is 30.0 Å². The average Bonchev–Trinajstić information content (AvgIpc) is 2.68. The minimum atomic E-state index is -0.572. The van der Waals surface area contributed by atoms with Crippen LogP contribution in [0.4, 0.5) is 0 Å². The number of benzene rings is 1. The summed E-state index contributed by atoms with van der Waals surface area (Å²) in [7, 11) is 0.813. The molecule has 1 aliphatic heterocycles. The van der Waals surface area contributed by atoms with Crippen molar-refractivity contribution in [3.8, 4) is 0 Å². The van der Waals surface area contributed by atoms with Gasteiger partial charge in [-0.2, -0.15) is 0 Å². The molecule has 0 amide bonds. The summed E-state index contributed by atoms with van der Waals surface area (Å²) in [4.78, 5) is 13.3. The van der Waals surface area contributed by atoms with Crippen LogP contribution in [0.2, 0.25) is 6.82 Å². The lowest BCUT2D eigenvalue weighted by Crippen LogP contribution is -2.36. The Bertz CT molecular complexity index is 422. The molecule has 17 heavy (non-hydrogen) atoms. The van der Waals surface area contributed by atoms with E-state index in [0.29, 0.717) is 6.54 Å². The molecule has 1 aliphatic rings. The van der Waals surface area contributed by atoms with Crippen LogP contribution >= 0.6 is 0 Å². The van der Waals surface area contributed by atoms with Crippen LogP contribution in [0.3, 0.4) is 0 Å². The maximum absolute atomic E-state index is 11.4. The highest BCUT2D eigenvalue weighted by atomic mass is 16.5. The van der Waals surface area contributed by atoms with E-state index in [4.69, 9.17) is 4.74 Å². The Balaban J connectivity index is 2.27. The van der Waals surface area contributed by atoms with Crippen LogP contribution in [0.5, 0.6) is 0 Å². The van der Waals surface area contributed by atoms with Gasteiger partial charge in [0.1, 0.15) is 0 Å². The first-order valence-corrected chi connectivity index (χ1v) is 5.72. The number of carbonyl (C=O) groups excluding carboxylic acids is 1. The van der Waals surface area contributed by atoms with Crippen molar-refractivity contribution in [2.45, 2.75) is 25.8 Å². The normalized spacial score (nSPS) is 18.9. The predicted molar refractivity (Wildman–Crippen MR) is 65.2 cm³/mol. The van der Waals surface area contributed by atoms with E-state index in [2.05, 4.69) is 0 Å². The first-order valence-electron chi connectivity index (χ1n) is 5.72. The van der Waals surface area contributed by atoms with Crippen molar-refractivity contribution in [1.82, 2.24) is 4.81 Å². The second kappa shape index (κ2) is 4.90. The molecule has 1 unspecified atom stereocenters. The number of ether oxygens (including phenoxy) is 1. The van der Waals surface area contributed by atoms with Gasteiger partial charge in [0.2, 0.25) is 0 Å². The van der Waals surface area contributed by atoms with E-state index < -0.39 is 7.05 Å². The molecule has 1 heterocycles. The van der Waals surface area contributed by atoms with Crippen LogP contribution < -0.4 is 0 Å². The summed E-state index contributed by atoms with van der Waals surface area (Å²) in [6, 6.07) is 7.88. The molecule has 4 nitrogen and oxygen atoms in total. The molecule has 90 valence electrons. The van der Waals surface area contributed by atoms with Gasteiger partial charge in [-0.05, 0) is 17.9 Å². The van der Waals surface area contributed by atoms with Crippen LogP contribution in [0, 0.1) is 0 Å². The van der Waals surface area contributed by atoms with Crippen molar-refractivity contribution in [3.63, 3.8) is 0 Å². The third-order valence-corrected chi connectivity index (χ3v) is 3.23. The maximum atomic E-state index is 11.4. The molecule has 1 aromatic carbocycles. The number of methoxy groups -OCH3 is 1. The molecule has 2 rings (SSSR count). The first-order chi connectivity index (χ1) is 8.13. The summed E-state index contributed by atoms with van der Waals surface area (Å²) in [5, 5.41) is 9.75. The van der Waals surface area contributed by atoms with E-state index >= 15 is 0 Å². The summed E-state index contributed by atoms with van der Waals surface area (Å²) in [6.07, 6.45) is 0.276. The maximum Gasteiger partial charge on any atom is 0.377 e. The summed E-state index contributed by atoms with van der Waals surface area (Å²) >= 11 is 0. The lowest BCUT2D eigenvalue weighted by atomic mass is 9.83. The molecular formula is C12H16BNO3. The predicted octanol–water partition coefficient (Wildman–Crippen LogP) is 1.22. The highest BCUT2D eigenvalue weighted by Gasteiger charge is 2.35. The zero-order chi connectivity index (χ0) is 12.4. The number of hydrogen-bond donors (Lipinski definition) is 1. The van der Waals surface area contributed by atoms with Crippen molar-refractivity contribution >= 4 is 13.0 Å². The average molecular weight is 233 g/mol. The number of hydrogen-bond acceptors (Lipinski definition) is 4. The topological polar surface area (TPSA) is 49.8 Å². The minimum absolute atomic E-state index is 0.0846. The lowest BCUT2D eigenvalue weighted by Gasteiger charge is -2.24. The van der Waals surface area contributed by atoms with Gasteiger partial charge in [-0.3, -0.25) is 4.79 Å². The Hall–Kier alpha value is -1.33. The molecule has 0 saturated heterocycles. The highest BCUT2D eigenvalue weighted by molar-refractivity contribution is 6.45. The molecule has 0 bridgehead atoms. The van der Waals surface area contributed by atoms with Crippen LogP contribution in [0.1, 0.15) is 23.6 Å². The van der Waals surface area contributed by atoms with Gasteiger partial charge in [-0.1, -0.05) is 24.3 Å². The molecule has 0 aliphatic carbocycles. The molecular weight excluding hydrogens is 217 g/mol. The number of carbonyl (C=O) groups is 1. The minimum Gasteiger partial charge on any atom is -0.469 e. The van der Waals surface area contributed by atoms with Crippen molar-refractivity contribution in [3.05, 3.63) is 35.4 Å². The SMILES string of the molecule is COC(=O)CC1c2ccccc2CN1B(C)O. The number of fused-ring (bicyclic) bond motifs is 1. The zero-order valence-electron chi connectivity index (χ0n) is 10.1. The van der Waals surface area contributed by atoms with E-state index in [1.165, 1.54) is 12.7 Å². The van der Waals surface area contributed by atoms with Crippen molar-refractivity contribution < 1.29 is 14.6 Å². The zero-order valence-corrected chi connectivity index (χ0v) is 10.1. The van der Waals surface area contributed by atoms with Gasteiger partial charge in [0.05, 0.1) is 13.5 Å². The van der Waals surface area contributed by atoms with E-state index in [1.807, 2.05) is 29.1 Å². The Labute approximate surface area is 101 Å². The fourth-order valence-electron chi connectivity index (χ4n) is 2.35. The lowest BCUT2D eigenvalue weighted by molar-refractivity contribution is -0.141. The van der Waals surface area contributed by atoms with Crippen LogP contribution in [0.15, 0.2) is 24.3 Å². The third kappa shape index (κ3) is 2.35. The second-order valence-electron chi connectivity index (χ2n) is 4.30. The fraction of sp³-hybridized carbons (Fsp3) is 0.417. The van der Waals surface area contributed by atoms with Gasteiger partial charge in [0.15, 0.2) is 0 Å². The fourth-order valence-corrected chi connectivity index (χ4v) is 2.35. The summed E-state index contributed by atoms with van der Waals surface area (Å²) in [5.74, 6) is -0.252. The second-order valence-corrected chi connectivity index (χ2v) is 4.30. The van der Waals surface area contributed by atoms with Crippen molar-refractivity contribution in [1.29, 1.82) is 0 Å².